The summed E-state index contributed by atoms with van der Waals surface area (Å²) in [7, 11) is -1.34. The molecule has 0 aliphatic carbocycles. The molecule has 0 aromatic rings. The summed E-state index contributed by atoms with van der Waals surface area (Å²) >= 11 is 0. The van der Waals surface area contributed by atoms with Gasteiger partial charge in [0.05, 0.1) is 12.5 Å². The first-order valence-electron chi connectivity index (χ1n) is 6.18. The molecule has 17 heavy (non-hydrogen) atoms. The Morgan fingerprint density at radius 3 is 1.65 bits per heavy atom. The smallest absolute Gasteiger partial charge is 0.312 e. The molecular formula is C12H29NO2Si2. The van der Waals surface area contributed by atoms with Crippen molar-refractivity contribution in [1.29, 1.82) is 0 Å². The first kappa shape index (κ1) is 16.9. The summed E-state index contributed by atoms with van der Waals surface area (Å²) in [4.78, 5) is 11.8. The van der Waals surface area contributed by atoms with Gasteiger partial charge in [0.15, 0.2) is 0 Å². The number of rotatable bonds is 5. The van der Waals surface area contributed by atoms with Gasteiger partial charge in [-0.05, 0) is 13.8 Å². The Labute approximate surface area is 109 Å². The number of hydrogen-bond acceptors (Lipinski definition) is 3. The van der Waals surface area contributed by atoms with Crippen LogP contribution in [0.3, 0.4) is 0 Å². The van der Waals surface area contributed by atoms with Crippen molar-refractivity contribution < 1.29 is 9.53 Å². The van der Waals surface area contributed by atoms with Crippen molar-refractivity contribution in [1.82, 2.24) is 4.23 Å². The SMILES string of the molecule is COC(=O)C(C)(C)CN([Si](C)(C)C)[Si](C)(C)C. The van der Waals surface area contributed by atoms with Gasteiger partial charge in [0.1, 0.15) is 16.5 Å². The molecule has 0 aliphatic rings. The highest BCUT2D eigenvalue weighted by molar-refractivity contribution is 6.89. The standard InChI is InChI=1S/C12H29NO2Si2/c1-12(2,11(14)15-3)10-13(16(4,5)6)17(7,8)9/h10H2,1-9H3. The molecule has 3 nitrogen and oxygen atoms in total. The maximum absolute atomic E-state index is 11.8. The predicted molar refractivity (Wildman–Crippen MR) is 79.2 cm³/mol. The third-order valence-corrected chi connectivity index (χ3v) is 10.5. The zero-order valence-corrected chi connectivity index (χ0v) is 15.0. The summed E-state index contributed by atoms with van der Waals surface area (Å²) in [6.45, 7) is 18.8. The Balaban J connectivity index is 5.09. The lowest BCUT2D eigenvalue weighted by Crippen LogP contribution is -2.62. The highest BCUT2D eigenvalue weighted by Crippen LogP contribution is 2.27. The number of carbonyl (C=O) groups excluding carboxylic acids is 1. The number of esters is 1. The van der Waals surface area contributed by atoms with Gasteiger partial charge < -0.3 is 8.97 Å². The molecule has 5 heteroatoms. The molecule has 0 spiro atoms. The van der Waals surface area contributed by atoms with Crippen LogP contribution in [0.25, 0.3) is 0 Å². The second-order valence-corrected chi connectivity index (χ2v) is 17.5. The van der Waals surface area contributed by atoms with Crippen molar-refractivity contribution in [3.05, 3.63) is 0 Å². The number of methoxy groups -OCH3 is 1. The van der Waals surface area contributed by atoms with Crippen molar-refractivity contribution >= 4 is 22.4 Å². The van der Waals surface area contributed by atoms with Crippen LogP contribution in [0.2, 0.25) is 39.3 Å². The van der Waals surface area contributed by atoms with Crippen molar-refractivity contribution in [3.8, 4) is 0 Å². The molecule has 0 rings (SSSR count). The molecule has 0 heterocycles. The molecule has 0 amide bonds. The topological polar surface area (TPSA) is 29.5 Å². The van der Waals surface area contributed by atoms with E-state index in [2.05, 4.69) is 43.5 Å². The maximum atomic E-state index is 11.8. The first-order valence-corrected chi connectivity index (χ1v) is 13.1. The molecule has 0 bridgehead atoms. The van der Waals surface area contributed by atoms with E-state index in [1.54, 1.807) is 0 Å². The van der Waals surface area contributed by atoms with Crippen LogP contribution in [0.4, 0.5) is 0 Å². The fourth-order valence-electron chi connectivity index (χ4n) is 2.22. The van der Waals surface area contributed by atoms with Crippen LogP contribution < -0.4 is 0 Å². The highest BCUT2D eigenvalue weighted by atomic mass is 28.4. The van der Waals surface area contributed by atoms with Gasteiger partial charge in [-0.15, -0.1) is 0 Å². The Morgan fingerprint density at radius 1 is 1.06 bits per heavy atom. The van der Waals surface area contributed by atoms with Gasteiger partial charge in [-0.3, -0.25) is 4.79 Å². The minimum Gasteiger partial charge on any atom is -0.469 e. The molecule has 0 aromatic carbocycles. The number of hydrogen-bond donors (Lipinski definition) is 0. The van der Waals surface area contributed by atoms with Gasteiger partial charge in [0.25, 0.3) is 0 Å². The van der Waals surface area contributed by atoms with Crippen molar-refractivity contribution in [2.75, 3.05) is 13.7 Å². The van der Waals surface area contributed by atoms with E-state index in [-0.39, 0.29) is 5.97 Å². The third kappa shape index (κ3) is 4.93. The van der Waals surface area contributed by atoms with Crippen LogP contribution in [0, 0.1) is 5.41 Å². The van der Waals surface area contributed by atoms with Crippen LogP contribution in [0.1, 0.15) is 13.8 Å². The Bertz CT molecular complexity index is 263. The average molecular weight is 276 g/mol. The molecule has 0 radical (unpaired) electrons. The van der Waals surface area contributed by atoms with Crippen molar-refractivity contribution in [2.45, 2.75) is 53.1 Å². The van der Waals surface area contributed by atoms with Crippen LogP contribution in [-0.2, 0) is 9.53 Å². The lowest BCUT2D eigenvalue weighted by Gasteiger charge is -2.46. The monoisotopic (exact) mass is 275 g/mol. The van der Waals surface area contributed by atoms with Crippen LogP contribution in [-0.4, -0.2) is 40.3 Å². The second-order valence-electron chi connectivity index (χ2n) is 7.30. The third-order valence-electron chi connectivity index (χ3n) is 2.91. The summed E-state index contributed by atoms with van der Waals surface area (Å²) in [6.07, 6.45) is 0. The predicted octanol–water partition coefficient (Wildman–Crippen LogP) is 3.16. The zero-order chi connectivity index (χ0) is 14.1. The Morgan fingerprint density at radius 2 is 1.41 bits per heavy atom. The lowest BCUT2D eigenvalue weighted by molar-refractivity contribution is -0.150. The normalized spacial score (nSPS) is 14.0. The van der Waals surface area contributed by atoms with E-state index in [0.29, 0.717) is 0 Å². The summed E-state index contributed by atoms with van der Waals surface area (Å²) in [5.41, 5.74) is -0.421. The van der Waals surface area contributed by atoms with E-state index in [1.807, 2.05) is 13.8 Å². The number of nitrogens with zero attached hydrogens (tertiary/aromatic N) is 1. The quantitative estimate of drug-likeness (QED) is 0.570. The summed E-state index contributed by atoms with van der Waals surface area (Å²) in [6, 6.07) is 0. The van der Waals surface area contributed by atoms with E-state index < -0.39 is 21.9 Å². The van der Waals surface area contributed by atoms with Gasteiger partial charge in [0, 0.05) is 6.54 Å². The molecule has 0 N–H and O–H groups in total. The number of carbonyl (C=O) groups is 1. The minimum absolute atomic E-state index is 0.112. The molecule has 0 unspecified atom stereocenters. The van der Waals surface area contributed by atoms with E-state index in [1.165, 1.54) is 7.11 Å². The Hall–Kier alpha value is -0.136. The van der Waals surface area contributed by atoms with Crippen LogP contribution in [0.15, 0.2) is 0 Å². The van der Waals surface area contributed by atoms with Crippen LogP contribution >= 0.6 is 0 Å². The molecular weight excluding hydrogens is 246 g/mol. The largest absolute Gasteiger partial charge is 0.469 e. The van der Waals surface area contributed by atoms with E-state index >= 15 is 0 Å². The van der Waals surface area contributed by atoms with Gasteiger partial charge >= 0.3 is 5.97 Å². The number of ether oxygens (including phenoxy) is 1. The van der Waals surface area contributed by atoms with Crippen LogP contribution in [0.5, 0.6) is 0 Å². The second kappa shape index (κ2) is 5.24. The first-order chi connectivity index (χ1) is 7.32. The zero-order valence-electron chi connectivity index (χ0n) is 13.0. The van der Waals surface area contributed by atoms with E-state index in [4.69, 9.17) is 4.74 Å². The molecule has 0 atom stereocenters. The van der Waals surface area contributed by atoms with Gasteiger partial charge in [0.2, 0.25) is 0 Å². The molecule has 0 aliphatic heterocycles. The van der Waals surface area contributed by atoms with Crippen molar-refractivity contribution in [3.63, 3.8) is 0 Å². The molecule has 0 saturated carbocycles. The highest BCUT2D eigenvalue weighted by Gasteiger charge is 2.40. The van der Waals surface area contributed by atoms with Gasteiger partial charge in [-0.2, -0.15) is 0 Å². The van der Waals surface area contributed by atoms with E-state index in [0.717, 1.165) is 6.54 Å². The molecule has 0 fully saturated rings. The molecule has 0 saturated heterocycles. The summed E-state index contributed by atoms with van der Waals surface area (Å²) in [5.74, 6) is -0.112. The maximum Gasteiger partial charge on any atom is 0.312 e. The summed E-state index contributed by atoms with van der Waals surface area (Å²) < 4.78 is 7.53. The Kier molecular flexibility index (Phi) is 5.20. The lowest BCUT2D eigenvalue weighted by atomic mass is 9.94. The minimum atomic E-state index is -1.40. The van der Waals surface area contributed by atoms with Gasteiger partial charge in [-0.25, -0.2) is 0 Å². The fraction of sp³-hybridized carbons (Fsp3) is 0.917. The fourth-order valence-corrected chi connectivity index (χ4v) is 12.0. The van der Waals surface area contributed by atoms with Gasteiger partial charge in [-0.1, -0.05) is 39.3 Å². The van der Waals surface area contributed by atoms with E-state index in [9.17, 15) is 4.79 Å². The molecule has 102 valence electrons. The van der Waals surface area contributed by atoms with Crippen molar-refractivity contribution in [2.24, 2.45) is 5.41 Å². The summed E-state index contributed by atoms with van der Waals surface area (Å²) in [5, 5.41) is 0. The molecule has 0 aromatic heterocycles. The average Bonchev–Trinajstić information content (AvgIpc) is 2.09.